The molecule has 1 aliphatic heterocycles. The van der Waals surface area contributed by atoms with Crippen LogP contribution >= 0.6 is 15.9 Å². The predicted molar refractivity (Wildman–Crippen MR) is 94.8 cm³/mol. The Morgan fingerprint density at radius 2 is 1.70 bits per heavy atom. The topological polar surface area (TPSA) is 41.6 Å². The number of carbonyl (C=O) groups excluding carboxylic acids is 1. The molecule has 120 valence electrons. The largest absolute Gasteiger partial charge is 0.378 e. The summed E-state index contributed by atoms with van der Waals surface area (Å²) < 4.78 is 6.33. The van der Waals surface area contributed by atoms with E-state index in [9.17, 15) is 4.79 Å². The first kappa shape index (κ1) is 16.0. The molecule has 1 fully saturated rings. The second-order valence-electron chi connectivity index (χ2n) is 5.46. The standard InChI is InChI=1S/C18H19BrN2O2/c19-16-5-3-15(4-6-16)18(22)20-13-14-1-7-17(8-2-14)21-9-11-23-12-10-21/h1-8H,9-13H2,(H,20,22). The summed E-state index contributed by atoms with van der Waals surface area (Å²) in [5, 5.41) is 2.95. The van der Waals surface area contributed by atoms with Gasteiger partial charge in [0.1, 0.15) is 0 Å². The van der Waals surface area contributed by atoms with Crippen LogP contribution in [0.3, 0.4) is 0 Å². The Hall–Kier alpha value is -1.85. The van der Waals surface area contributed by atoms with Crippen LogP contribution in [0.4, 0.5) is 5.69 Å². The van der Waals surface area contributed by atoms with Crippen molar-refractivity contribution in [2.75, 3.05) is 31.2 Å². The van der Waals surface area contributed by atoms with E-state index in [2.05, 4.69) is 50.4 Å². The molecule has 5 heteroatoms. The van der Waals surface area contributed by atoms with Crippen molar-refractivity contribution in [2.45, 2.75) is 6.54 Å². The number of morpholine rings is 1. The van der Waals surface area contributed by atoms with Crippen LogP contribution in [0.25, 0.3) is 0 Å². The maximum Gasteiger partial charge on any atom is 0.251 e. The van der Waals surface area contributed by atoms with Crippen LogP contribution < -0.4 is 10.2 Å². The summed E-state index contributed by atoms with van der Waals surface area (Å²) >= 11 is 3.37. The van der Waals surface area contributed by atoms with Gasteiger partial charge in [0.05, 0.1) is 13.2 Å². The van der Waals surface area contributed by atoms with E-state index in [0.29, 0.717) is 12.1 Å². The summed E-state index contributed by atoms with van der Waals surface area (Å²) in [6.45, 7) is 3.95. The zero-order valence-electron chi connectivity index (χ0n) is 12.8. The summed E-state index contributed by atoms with van der Waals surface area (Å²) in [4.78, 5) is 14.4. The molecule has 1 N–H and O–H groups in total. The lowest BCUT2D eigenvalue weighted by Crippen LogP contribution is -2.36. The monoisotopic (exact) mass is 374 g/mol. The van der Waals surface area contributed by atoms with Gasteiger partial charge < -0.3 is 15.0 Å². The third-order valence-electron chi connectivity index (χ3n) is 3.87. The smallest absolute Gasteiger partial charge is 0.251 e. The first-order valence-electron chi connectivity index (χ1n) is 7.68. The SMILES string of the molecule is O=C(NCc1ccc(N2CCOCC2)cc1)c1ccc(Br)cc1. The number of rotatable bonds is 4. The Morgan fingerprint density at radius 3 is 2.35 bits per heavy atom. The van der Waals surface area contributed by atoms with E-state index in [0.717, 1.165) is 36.3 Å². The fourth-order valence-electron chi connectivity index (χ4n) is 2.53. The van der Waals surface area contributed by atoms with Gasteiger partial charge in [0.2, 0.25) is 0 Å². The highest BCUT2D eigenvalue weighted by atomic mass is 79.9. The van der Waals surface area contributed by atoms with Gasteiger partial charge in [-0.25, -0.2) is 0 Å². The number of ether oxygens (including phenoxy) is 1. The molecule has 0 saturated carbocycles. The fraction of sp³-hybridized carbons (Fsp3) is 0.278. The van der Waals surface area contributed by atoms with Gasteiger partial charge in [-0.1, -0.05) is 28.1 Å². The van der Waals surface area contributed by atoms with Gasteiger partial charge in [-0.2, -0.15) is 0 Å². The van der Waals surface area contributed by atoms with E-state index >= 15 is 0 Å². The van der Waals surface area contributed by atoms with Gasteiger partial charge in [0.25, 0.3) is 5.91 Å². The number of amides is 1. The van der Waals surface area contributed by atoms with Crippen molar-refractivity contribution in [3.05, 3.63) is 64.1 Å². The van der Waals surface area contributed by atoms with E-state index in [4.69, 9.17) is 4.74 Å². The molecule has 23 heavy (non-hydrogen) atoms. The lowest BCUT2D eigenvalue weighted by atomic mass is 10.1. The maximum atomic E-state index is 12.1. The van der Waals surface area contributed by atoms with Gasteiger partial charge in [0.15, 0.2) is 0 Å². The van der Waals surface area contributed by atoms with Gasteiger partial charge in [-0.3, -0.25) is 4.79 Å². The molecule has 3 rings (SSSR count). The van der Waals surface area contributed by atoms with Gasteiger partial charge in [0, 0.05) is 35.4 Å². The van der Waals surface area contributed by atoms with Crippen molar-refractivity contribution < 1.29 is 9.53 Å². The van der Waals surface area contributed by atoms with Crippen molar-refractivity contribution in [3.63, 3.8) is 0 Å². The van der Waals surface area contributed by atoms with Crippen LogP contribution in [-0.4, -0.2) is 32.2 Å². The molecule has 0 atom stereocenters. The van der Waals surface area contributed by atoms with E-state index in [1.54, 1.807) is 12.1 Å². The number of anilines is 1. The molecular weight excluding hydrogens is 356 g/mol. The van der Waals surface area contributed by atoms with Crippen LogP contribution in [-0.2, 0) is 11.3 Å². The molecule has 0 aliphatic carbocycles. The summed E-state index contributed by atoms with van der Waals surface area (Å²) in [6, 6.07) is 15.7. The molecule has 1 amide bonds. The third-order valence-corrected chi connectivity index (χ3v) is 4.40. The van der Waals surface area contributed by atoms with Crippen LogP contribution in [0, 0.1) is 0 Å². The molecular formula is C18H19BrN2O2. The number of nitrogens with one attached hydrogen (secondary N) is 1. The normalized spacial score (nSPS) is 14.6. The highest BCUT2D eigenvalue weighted by molar-refractivity contribution is 9.10. The molecule has 1 heterocycles. The molecule has 2 aromatic carbocycles. The second-order valence-corrected chi connectivity index (χ2v) is 6.37. The second kappa shape index (κ2) is 7.62. The minimum atomic E-state index is -0.0604. The Morgan fingerprint density at radius 1 is 1.04 bits per heavy atom. The first-order chi connectivity index (χ1) is 11.2. The van der Waals surface area contributed by atoms with Crippen molar-refractivity contribution in [1.29, 1.82) is 0 Å². The minimum absolute atomic E-state index is 0.0604. The van der Waals surface area contributed by atoms with E-state index in [1.807, 2.05) is 12.1 Å². The molecule has 0 bridgehead atoms. The molecule has 0 unspecified atom stereocenters. The number of carbonyl (C=O) groups is 1. The highest BCUT2D eigenvalue weighted by Gasteiger charge is 2.11. The summed E-state index contributed by atoms with van der Waals surface area (Å²) in [5.41, 5.74) is 2.96. The van der Waals surface area contributed by atoms with E-state index < -0.39 is 0 Å². The van der Waals surface area contributed by atoms with Gasteiger partial charge in [-0.15, -0.1) is 0 Å². The molecule has 1 aliphatic rings. The molecule has 0 spiro atoms. The van der Waals surface area contributed by atoms with Crippen LogP contribution in [0.5, 0.6) is 0 Å². The number of nitrogens with zero attached hydrogens (tertiary/aromatic N) is 1. The predicted octanol–water partition coefficient (Wildman–Crippen LogP) is 3.22. The molecule has 0 aromatic heterocycles. The Labute approximate surface area is 144 Å². The minimum Gasteiger partial charge on any atom is -0.378 e. The number of hydrogen-bond acceptors (Lipinski definition) is 3. The zero-order valence-corrected chi connectivity index (χ0v) is 14.4. The lowest BCUT2D eigenvalue weighted by Gasteiger charge is -2.28. The quantitative estimate of drug-likeness (QED) is 0.893. The summed E-state index contributed by atoms with van der Waals surface area (Å²) in [6.07, 6.45) is 0. The average Bonchev–Trinajstić information content (AvgIpc) is 2.61. The van der Waals surface area contributed by atoms with Crippen LogP contribution in [0.15, 0.2) is 53.0 Å². The Balaban J connectivity index is 1.55. The summed E-state index contributed by atoms with van der Waals surface area (Å²) in [7, 11) is 0. The van der Waals surface area contributed by atoms with Crippen LogP contribution in [0.1, 0.15) is 15.9 Å². The van der Waals surface area contributed by atoms with Crippen molar-refractivity contribution in [2.24, 2.45) is 0 Å². The van der Waals surface area contributed by atoms with Gasteiger partial charge >= 0.3 is 0 Å². The zero-order chi connectivity index (χ0) is 16.1. The van der Waals surface area contributed by atoms with Crippen molar-refractivity contribution in [1.82, 2.24) is 5.32 Å². The Bertz CT molecular complexity index is 650. The number of hydrogen-bond donors (Lipinski definition) is 1. The van der Waals surface area contributed by atoms with Crippen molar-refractivity contribution in [3.8, 4) is 0 Å². The van der Waals surface area contributed by atoms with E-state index in [-0.39, 0.29) is 5.91 Å². The first-order valence-corrected chi connectivity index (χ1v) is 8.47. The molecule has 1 saturated heterocycles. The highest BCUT2D eigenvalue weighted by Crippen LogP contribution is 2.17. The van der Waals surface area contributed by atoms with Crippen molar-refractivity contribution >= 4 is 27.5 Å². The fourth-order valence-corrected chi connectivity index (χ4v) is 2.80. The average molecular weight is 375 g/mol. The molecule has 0 radical (unpaired) electrons. The van der Waals surface area contributed by atoms with Gasteiger partial charge in [-0.05, 0) is 42.0 Å². The van der Waals surface area contributed by atoms with Crippen LogP contribution in [0.2, 0.25) is 0 Å². The Kier molecular flexibility index (Phi) is 5.31. The third kappa shape index (κ3) is 4.33. The number of benzene rings is 2. The summed E-state index contributed by atoms with van der Waals surface area (Å²) in [5.74, 6) is -0.0604. The number of halogens is 1. The lowest BCUT2D eigenvalue weighted by molar-refractivity contribution is 0.0951. The molecule has 2 aromatic rings. The maximum absolute atomic E-state index is 12.1. The molecule has 4 nitrogen and oxygen atoms in total. The van der Waals surface area contributed by atoms with E-state index in [1.165, 1.54) is 5.69 Å².